The molecule has 0 unspecified atom stereocenters. The molecular formula is C26H27N9O5. The third-order valence-electron chi connectivity index (χ3n) is 7.05. The van der Waals surface area contributed by atoms with Crippen LogP contribution in [0.15, 0.2) is 30.6 Å². The highest BCUT2D eigenvalue weighted by atomic mass is 16.5. The molecule has 1 saturated heterocycles. The molecule has 1 atom stereocenters. The molecule has 1 amide bonds. The Morgan fingerprint density at radius 1 is 1.32 bits per heavy atom. The van der Waals surface area contributed by atoms with E-state index in [0.29, 0.717) is 61.5 Å². The van der Waals surface area contributed by atoms with Crippen LogP contribution in [0.2, 0.25) is 0 Å². The van der Waals surface area contributed by atoms with Crippen LogP contribution in [-0.4, -0.2) is 66.4 Å². The van der Waals surface area contributed by atoms with E-state index in [0.717, 1.165) is 5.69 Å². The van der Waals surface area contributed by atoms with Gasteiger partial charge >= 0.3 is 6.09 Å². The van der Waals surface area contributed by atoms with Crippen molar-refractivity contribution in [3.8, 4) is 17.6 Å². The van der Waals surface area contributed by atoms with Crippen LogP contribution in [0.1, 0.15) is 31.5 Å². The average molecular weight is 546 g/mol. The smallest absolute Gasteiger partial charge is 0.413 e. The van der Waals surface area contributed by atoms with E-state index in [2.05, 4.69) is 31.4 Å². The van der Waals surface area contributed by atoms with Gasteiger partial charge in [-0.15, -0.1) is 0 Å². The zero-order valence-electron chi connectivity index (χ0n) is 22.2. The second-order valence-electron chi connectivity index (χ2n) is 10.0. The molecule has 0 radical (unpaired) electrons. The maximum absolute atomic E-state index is 12.0. The molecule has 14 nitrogen and oxygen atoms in total. The Morgan fingerprint density at radius 2 is 2.17 bits per heavy atom. The van der Waals surface area contributed by atoms with E-state index in [1.54, 1.807) is 17.7 Å². The average Bonchev–Trinajstić information content (AvgIpc) is 3.65. The topological polar surface area (TPSA) is 165 Å². The summed E-state index contributed by atoms with van der Waals surface area (Å²) < 4.78 is 20.9. The van der Waals surface area contributed by atoms with Crippen LogP contribution in [0.3, 0.4) is 0 Å². The first kappa shape index (κ1) is 25.5. The first-order valence-electron chi connectivity index (χ1n) is 12.7. The van der Waals surface area contributed by atoms with Crippen LogP contribution in [0.25, 0.3) is 11.2 Å². The summed E-state index contributed by atoms with van der Waals surface area (Å²) in [6.07, 6.45) is 2.32. The standard InChI is InChI=1S/C26H27N9O5/c1-26(2)19-11-20(32-34(19)7-9-39-26)30-24-31-23-22(33(24)3)17(12-27)18(13-29-23)40-16-4-6-28-21(10-16)35(25(36)37)15-5-8-38-14-15/h4,6,10-11,13,15H,5,7-9,14H2,1-3H3,(H,36,37)(H,29,30,31,32)/t15-/m1/s1. The summed E-state index contributed by atoms with van der Waals surface area (Å²) in [5.74, 6) is 1.76. The minimum absolute atomic E-state index is 0.198. The second-order valence-corrected chi connectivity index (χ2v) is 10.0. The lowest BCUT2D eigenvalue weighted by Crippen LogP contribution is -2.40. The fourth-order valence-electron chi connectivity index (χ4n) is 5.05. The number of fused-ring (bicyclic) bond motifs is 2. The van der Waals surface area contributed by atoms with Crippen LogP contribution < -0.4 is 15.0 Å². The first-order valence-corrected chi connectivity index (χ1v) is 12.7. The van der Waals surface area contributed by atoms with Crippen LogP contribution in [0.5, 0.6) is 11.5 Å². The van der Waals surface area contributed by atoms with Gasteiger partial charge in [0.2, 0.25) is 5.95 Å². The number of ether oxygens (including phenoxy) is 3. The monoisotopic (exact) mass is 545 g/mol. The molecule has 4 aromatic heterocycles. The highest BCUT2D eigenvalue weighted by molar-refractivity contribution is 5.86. The fourth-order valence-corrected chi connectivity index (χ4v) is 5.05. The van der Waals surface area contributed by atoms with E-state index < -0.39 is 11.7 Å². The summed E-state index contributed by atoms with van der Waals surface area (Å²) in [5, 5.41) is 27.7. The van der Waals surface area contributed by atoms with E-state index in [1.165, 1.54) is 23.4 Å². The van der Waals surface area contributed by atoms with E-state index in [4.69, 9.17) is 14.2 Å². The lowest BCUT2D eigenvalue weighted by molar-refractivity contribution is -0.0532. The Balaban J connectivity index is 1.30. The third kappa shape index (κ3) is 4.44. The number of imidazole rings is 1. The van der Waals surface area contributed by atoms with Crippen molar-refractivity contribution < 1.29 is 24.1 Å². The summed E-state index contributed by atoms with van der Waals surface area (Å²) in [4.78, 5) is 26.3. The molecule has 0 bridgehead atoms. The van der Waals surface area contributed by atoms with Gasteiger partial charge in [0.1, 0.15) is 34.3 Å². The van der Waals surface area contributed by atoms with E-state index >= 15 is 0 Å². The Bertz CT molecular complexity index is 1650. The van der Waals surface area contributed by atoms with E-state index in [9.17, 15) is 15.2 Å². The predicted octanol–water partition coefficient (Wildman–Crippen LogP) is 3.51. The quantitative estimate of drug-likeness (QED) is 0.364. The van der Waals surface area contributed by atoms with Crippen molar-refractivity contribution >= 4 is 34.8 Å². The Morgan fingerprint density at radius 3 is 2.90 bits per heavy atom. The molecule has 0 saturated carbocycles. The van der Waals surface area contributed by atoms with Crippen molar-refractivity contribution in [2.24, 2.45) is 7.05 Å². The van der Waals surface area contributed by atoms with Crippen LogP contribution >= 0.6 is 0 Å². The molecule has 6 heterocycles. The number of rotatable bonds is 6. The van der Waals surface area contributed by atoms with Gasteiger partial charge < -0.3 is 29.2 Å². The maximum Gasteiger partial charge on any atom is 0.413 e. The van der Waals surface area contributed by atoms with Crippen molar-refractivity contribution in [1.29, 1.82) is 5.26 Å². The zero-order valence-corrected chi connectivity index (χ0v) is 22.2. The molecule has 40 heavy (non-hydrogen) atoms. The molecule has 0 spiro atoms. The second kappa shape index (κ2) is 9.78. The van der Waals surface area contributed by atoms with Gasteiger partial charge in [0.15, 0.2) is 17.2 Å². The molecular weight excluding hydrogens is 518 g/mol. The SMILES string of the molecule is Cn1c(Nc2cc3n(n2)CCOC3(C)C)nc2ncc(Oc3ccnc(N(C(=O)O)[C@@H]4CCOC4)c3)c(C#N)c21. The summed E-state index contributed by atoms with van der Waals surface area (Å²) in [5.41, 5.74) is 1.54. The molecule has 2 aliphatic rings. The van der Waals surface area contributed by atoms with Gasteiger partial charge in [0.25, 0.3) is 0 Å². The minimum atomic E-state index is -1.13. The number of amides is 1. The molecule has 4 aromatic rings. The number of nitrogens with one attached hydrogen (secondary N) is 1. The number of carbonyl (C=O) groups is 1. The van der Waals surface area contributed by atoms with Crippen molar-refractivity contribution in [3.63, 3.8) is 0 Å². The summed E-state index contributed by atoms with van der Waals surface area (Å²) in [7, 11) is 1.77. The molecule has 1 fully saturated rings. The van der Waals surface area contributed by atoms with Gasteiger partial charge in [0, 0.05) is 32.0 Å². The fraction of sp³-hybridized carbons (Fsp3) is 0.385. The largest absolute Gasteiger partial charge is 0.465 e. The Kier molecular flexibility index (Phi) is 6.24. The number of nitriles is 1. The van der Waals surface area contributed by atoms with Gasteiger partial charge in [-0.25, -0.2) is 14.8 Å². The number of nitrogens with zero attached hydrogens (tertiary/aromatic N) is 8. The third-order valence-corrected chi connectivity index (χ3v) is 7.05. The number of anilines is 3. The summed E-state index contributed by atoms with van der Waals surface area (Å²) in [6, 6.07) is 6.88. The number of hydrogen-bond donors (Lipinski definition) is 2. The number of pyridine rings is 2. The van der Waals surface area contributed by atoms with Gasteiger partial charge in [-0.2, -0.15) is 15.3 Å². The van der Waals surface area contributed by atoms with Crippen molar-refractivity contribution in [2.75, 3.05) is 30.0 Å². The Hall–Kier alpha value is -4.74. The first-order chi connectivity index (χ1) is 19.2. The molecule has 2 aliphatic heterocycles. The highest BCUT2D eigenvalue weighted by Gasteiger charge is 2.31. The van der Waals surface area contributed by atoms with Crippen molar-refractivity contribution in [2.45, 2.75) is 38.5 Å². The lowest BCUT2D eigenvalue weighted by Gasteiger charge is -2.30. The molecule has 2 N–H and O–H groups in total. The van der Waals surface area contributed by atoms with E-state index in [1.807, 2.05) is 24.6 Å². The minimum Gasteiger partial charge on any atom is -0.465 e. The van der Waals surface area contributed by atoms with Gasteiger partial charge in [-0.05, 0) is 26.3 Å². The normalized spacial score (nSPS) is 17.8. The lowest BCUT2D eigenvalue weighted by atomic mass is 10.0. The summed E-state index contributed by atoms with van der Waals surface area (Å²) in [6.45, 7) is 6.00. The zero-order chi connectivity index (χ0) is 28.0. The molecule has 14 heteroatoms. The summed E-state index contributed by atoms with van der Waals surface area (Å²) >= 11 is 0. The number of aromatic nitrogens is 6. The molecule has 206 valence electrons. The maximum atomic E-state index is 12.0. The molecule has 6 rings (SSSR count). The van der Waals surface area contributed by atoms with Crippen molar-refractivity contribution in [1.82, 2.24) is 29.3 Å². The van der Waals surface area contributed by atoms with Crippen LogP contribution in [0, 0.1) is 11.3 Å². The van der Waals surface area contributed by atoms with Crippen LogP contribution in [-0.2, 0) is 28.7 Å². The number of carboxylic acid groups (broad SMARTS) is 1. The molecule has 0 aliphatic carbocycles. The Labute approximate surface area is 228 Å². The van der Waals surface area contributed by atoms with Gasteiger partial charge in [-0.1, -0.05) is 0 Å². The predicted molar refractivity (Wildman–Crippen MR) is 142 cm³/mol. The van der Waals surface area contributed by atoms with Crippen LogP contribution in [0.4, 0.5) is 22.4 Å². The van der Waals surface area contributed by atoms with Crippen molar-refractivity contribution in [3.05, 3.63) is 41.9 Å². The highest BCUT2D eigenvalue weighted by Crippen LogP contribution is 2.34. The number of aryl methyl sites for hydroxylation is 1. The van der Waals surface area contributed by atoms with Gasteiger partial charge in [0.05, 0.1) is 37.7 Å². The molecule has 0 aromatic carbocycles. The van der Waals surface area contributed by atoms with E-state index in [-0.39, 0.29) is 23.2 Å². The number of hydrogen-bond acceptors (Lipinski definition) is 10. The van der Waals surface area contributed by atoms with Gasteiger partial charge in [-0.3, -0.25) is 9.58 Å².